The monoisotopic (exact) mass is 408 g/mol. The number of nitrogens with zero attached hydrogens (tertiary/aromatic N) is 4. The smallest absolute Gasteiger partial charge is 0.410 e. The van der Waals surface area contributed by atoms with E-state index in [-0.39, 0.29) is 6.09 Å². The van der Waals surface area contributed by atoms with Gasteiger partial charge in [-0.05, 0) is 44.4 Å². The topological polar surface area (TPSA) is 48.9 Å². The summed E-state index contributed by atoms with van der Waals surface area (Å²) in [5, 5.41) is 0. The van der Waals surface area contributed by atoms with Crippen molar-refractivity contribution in [2.75, 3.05) is 37.6 Å². The van der Waals surface area contributed by atoms with Gasteiger partial charge in [0, 0.05) is 57.6 Å². The molecular formula is C24H32N4O2. The maximum absolute atomic E-state index is 12.3. The Morgan fingerprint density at radius 3 is 2.47 bits per heavy atom. The molecule has 1 aromatic carbocycles. The van der Waals surface area contributed by atoms with E-state index >= 15 is 0 Å². The van der Waals surface area contributed by atoms with Crippen LogP contribution in [0.3, 0.4) is 0 Å². The highest BCUT2D eigenvalue weighted by atomic mass is 16.6. The van der Waals surface area contributed by atoms with Gasteiger partial charge in [-0.2, -0.15) is 0 Å². The average Bonchev–Trinajstić information content (AvgIpc) is 2.73. The van der Waals surface area contributed by atoms with Crippen molar-refractivity contribution < 1.29 is 9.53 Å². The van der Waals surface area contributed by atoms with Crippen LogP contribution < -0.4 is 4.90 Å². The molecule has 2 aliphatic rings. The van der Waals surface area contributed by atoms with Crippen molar-refractivity contribution in [1.29, 1.82) is 0 Å². The van der Waals surface area contributed by atoms with Crippen LogP contribution >= 0.6 is 0 Å². The van der Waals surface area contributed by atoms with E-state index in [0.717, 1.165) is 45.0 Å². The number of hydrogen-bond acceptors (Lipinski definition) is 5. The summed E-state index contributed by atoms with van der Waals surface area (Å²) < 4.78 is 5.52. The van der Waals surface area contributed by atoms with Crippen molar-refractivity contribution in [3.8, 4) is 0 Å². The lowest BCUT2D eigenvalue weighted by Gasteiger charge is -2.38. The van der Waals surface area contributed by atoms with Gasteiger partial charge in [0.2, 0.25) is 0 Å². The molecule has 2 aliphatic heterocycles. The van der Waals surface area contributed by atoms with Gasteiger partial charge < -0.3 is 14.5 Å². The number of piperazine rings is 1. The van der Waals surface area contributed by atoms with E-state index < -0.39 is 5.60 Å². The molecule has 0 bridgehead atoms. The van der Waals surface area contributed by atoms with Gasteiger partial charge in [-0.3, -0.25) is 4.90 Å². The summed E-state index contributed by atoms with van der Waals surface area (Å²) >= 11 is 0. The van der Waals surface area contributed by atoms with E-state index in [2.05, 4.69) is 46.2 Å². The lowest BCUT2D eigenvalue weighted by Crippen LogP contribution is -2.50. The first-order chi connectivity index (χ1) is 14.4. The minimum atomic E-state index is -0.458. The van der Waals surface area contributed by atoms with E-state index in [1.165, 1.54) is 16.7 Å². The van der Waals surface area contributed by atoms with E-state index in [1.807, 2.05) is 27.0 Å². The standard InChI is InChI=1S/C24H32N4O2/c1-24(2,3)30-23(29)28-15-13-27(14-16-28)22-21-10-12-26(18-20(21)9-11-25-22)17-19-7-5-4-6-8-19/h4-9,11H,10,12-18H2,1-3H3. The molecule has 1 amide bonds. The first-order valence-corrected chi connectivity index (χ1v) is 10.8. The van der Waals surface area contributed by atoms with Crippen LogP contribution in [0, 0.1) is 0 Å². The maximum Gasteiger partial charge on any atom is 0.410 e. The van der Waals surface area contributed by atoms with E-state index in [1.54, 1.807) is 4.90 Å². The van der Waals surface area contributed by atoms with Crippen LogP contribution in [0.15, 0.2) is 42.6 Å². The predicted molar refractivity (Wildman–Crippen MR) is 119 cm³/mol. The second kappa shape index (κ2) is 8.64. The molecule has 6 heteroatoms. The van der Waals surface area contributed by atoms with Crippen molar-refractivity contribution in [3.05, 3.63) is 59.3 Å². The largest absolute Gasteiger partial charge is 0.444 e. The number of fused-ring (bicyclic) bond motifs is 1. The Kier molecular flexibility index (Phi) is 5.95. The number of carbonyl (C=O) groups is 1. The number of benzene rings is 1. The molecule has 0 atom stereocenters. The molecule has 6 nitrogen and oxygen atoms in total. The second-order valence-corrected chi connectivity index (χ2v) is 9.17. The third-order valence-electron chi connectivity index (χ3n) is 5.68. The van der Waals surface area contributed by atoms with E-state index in [4.69, 9.17) is 9.72 Å². The van der Waals surface area contributed by atoms with Crippen LogP contribution in [0.25, 0.3) is 0 Å². The van der Waals surface area contributed by atoms with Gasteiger partial charge in [-0.25, -0.2) is 9.78 Å². The van der Waals surface area contributed by atoms with Crippen LogP contribution in [-0.2, 0) is 24.2 Å². The van der Waals surface area contributed by atoms with Gasteiger partial charge in [-0.15, -0.1) is 0 Å². The molecule has 1 saturated heterocycles. The summed E-state index contributed by atoms with van der Waals surface area (Å²) in [4.78, 5) is 23.7. The number of rotatable bonds is 3. The SMILES string of the molecule is CC(C)(C)OC(=O)N1CCN(c2nccc3c2CCN(Cc2ccccc2)C3)CC1. The maximum atomic E-state index is 12.3. The molecule has 0 saturated carbocycles. The quantitative estimate of drug-likeness (QED) is 0.775. The Balaban J connectivity index is 1.39. The summed E-state index contributed by atoms with van der Waals surface area (Å²) in [5.41, 5.74) is 3.64. The van der Waals surface area contributed by atoms with Crippen molar-refractivity contribution in [2.24, 2.45) is 0 Å². The van der Waals surface area contributed by atoms with Gasteiger partial charge in [0.1, 0.15) is 11.4 Å². The van der Waals surface area contributed by atoms with Gasteiger partial charge in [0.25, 0.3) is 0 Å². The van der Waals surface area contributed by atoms with Crippen molar-refractivity contribution in [1.82, 2.24) is 14.8 Å². The number of ether oxygens (including phenoxy) is 1. The molecule has 30 heavy (non-hydrogen) atoms. The third kappa shape index (κ3) is 4.93. The summed E-state index contributed by atoms with van der Waals surface area (Å²) in [7, 11) is 0. The minimum Gasteiger partial charge on any atom is -0.444 e. The van der Waals surface area contributed by atoms with Gasteiger partial charge in [-0.1, -0.05) is 30.3 Å². The highest BCUT2D eigenvalue weighted by molar-refractivity contribution is 5.68. The summed E-state index contributed by atoms with van der Waals surface area (Å²) in [6.07, 6.45) is 2.72. The zero-order valence-electron chi connectivity index (χ0n) is 18.3. The van der Waals surface area contributed by atoms with Gasteiger partial charge >= 0.3 is 6.09 Å². The Morgan fingerprint density at radius 1 is 1.03 bits per heavy atom. The number of pyridine rings is 1. The normalized spacial score (nSPS) is 17.6. The summed E-state index contributed by atoms with van der Waals surface area (Å²) in [6.45, 7) is 11.6. The van der Waals surface area contributed by atoms with E-state index in [0.29, 0.717) is 13.1 Å². The zero-order chi connectivity index (χ0) is 21.1. The molecular weight excluding hydrogens is 376 g/mol. The van der Waals surface area contributed by atoms with Crippen LogP contribution in [0.1, 0.15) is 37.5 Å². The Hall–Kier alpha value is -2.60. The molecule has 0 aliphatic carbocycles. The third-order valence-corrected chi connectivity index (χ3v) is 5.68. The fourth-order valence-electron chi connectivity index (χ4n) is 4.21. The summed E-state index contributed by atoms with van der Waals surface area (Å²) in [5.74, 6) is 1.09. The first kappa shape index (κ1) is 20.7. The number of anilines is 1. The minimum absolute atomic E-state index is 0.221. The van der Waals surface area contributed by atoms with Gasteiger partial charge in [0.15, 0.2) is 0 Å². The fraction of sp³-hybridized carbons (Fsp3) is 0.500. The van der Waals surface area contributed by atoms with Gasteiger partial charge in [0.05, 0.1) is 0 Å². The van der Waals surface area contributed by atoms with Crippen molar-refractivity contribution in [2.45, 2.75) is 45.9 Å². The molecule has 0 radical (unpaired) electrons. The molecule has 0 spiro atoms. The highest BCUT2D eigenvalue weighted by Crippen LogP contribution is 2.28. The van der Waals surface area contributed by atoms with Crippen LogP contribution in [0.2, 0.25) is 0 Å². The van der Waals surface area contributed by atoms with Crippen molar-refractivity contribution in [3.63, 3.8) is 0 Å². The van der Waals surface area contributed by atoms with Crippen molar-refractivity contribution >= 4 is 11.9 Å². The van der Waals surface area contributed by atoms with Crippen LogP contribution in [-0.4, -0.2) is 59.2 Å². The number of hydrogen-bond donors (Lipinski definition) is 0. The fourth-order valence-corrected chi connectivity index (χ4v) is 4.21. The first-order valence-electron chi connectivity index (χ1n) is 10.8. The molecule has 2 aromatic rings. The molecule has 1 aromatic heterocycles. The Labute approximate surface area is 179 Å². The lowest BCUT2D eigenvalue weighted by atomic mass is 9.99. The lowest BCUT2D eigenvalue weighted by molar-refractivity contribution is 0.0240. The highest BCUT2D eigenvalue weighted by Gasteiger charge is 2.28. The molecule has 0 N–H and O–H groups in total. The number of aromatic nitrogens is 1. The molecule has 4 rings (SSSR count). The Bertz CT molecular complexity index is 871. The Morgan fingerprint density at radius 2 is 1.77 bits per heavy atom. The molecule has 3 heterocycles. The summed E-state index contributed by atoms with van der Waals surface area (Å²) in [6, 6.07) is 12.8. The molecule has 160 valence electrons. The predicted octanol–water partition coefficient (Wildman–Crippen LogP) is 3.70. The van der Waals surface area contributed by atoms with E-state index in [9.17, 15) is 4.79 Å². The molecule has 0 unspecified atom stereocenters. The zero-order valence-corrected chi connectivity index (χ0v) is 18.3. The number of carbonyl (C=O) groups excluding carboxylic acids is 1. The van der Waals surface area contributed by atoms with Crippen LogP contribution in [0.4, 0.5) is 10.6 Å². The second-order valence-electron chi connectivity index (χ2n) is 9.17. The number of amides is 1. The average molecular weight is 409 g/mol. The van der Waals surface area contributed by atoms with Crippen LogP contribution in [0.5, 0.6) is 0 Å². The molecule has 1 fully saturated rings.